The van der Waals surface area contributed by atoms with Gasteiger partial charge >= 0.3 is 0 Å². The number of unbranched alkanes of at least 4 members (excludes halogenated alkanes) is 3. The highest BCUT2D eigenvalue weighted by Crippen LogP contribution is 2.05. The lowest BCUT2D eigenvalue weighted by atomic mass is 10.1. The SMILES string of the molecule is CCCCCCC(C)NC(=NCCc1ccccn1)NCC.I. The number of halogens is 1. The molecule has 1 aromatic rings. The van der Waals surface area contributed by atoms with Gasteiger partial charge in [-0.25, -0.2) is 0 Å². The first-order valence-electron chi connectivity index (χ1n) is 8.71. The van der Waals surface area contributed by atoms with Gasteiger partial charge in [0.2, 0.25) is 0 Å². The molecule has 0 bridgehead atoms. The van der Waals surface area contributed by atoms with Gasteiger partial charge in [0.15, 0.2) is 5.96 Å². The lowest BCUT2D eigenvalue weighted by Crippen LogP contribution is -2.42. The lowest BCUT2D eigenvalue weighted by Gasteiger charge is -2.17. The van der Waals surface area contributed by atoms with Crippen LogP contribution in [0.2, 0.25) is 0 Å². The molecule has 1 heterocycles. The van der Waals surface area contributed by atoms with Gasteiger partial charge in [0.05, 0.1) is 0 Å². The molecule has 0 saturated carbocycles. The van der Waals surface area contributed by atoms with Crippen molar-refractivity contribution in [3.8, 4) is 0 Å². The maximum atomic E-state index is 4.65. The van der Waals surface area contributed by atoms with E-state index >= 15 is 0 Å². The molecule has 1 unspecified atom stereocenters. The molecular weight excluding hydrogens is 399 g/mol. The molecule has 0 fully saturated rings. The second-order valence-electron chi connectivity index (χ2n) is 5.73. The molecule has 0 aliphatic rings. The van der Waals surface area contributed by atoms with E-state index in [1.807, 2.05) is 24.4 Å². The van der Waals surface area contributed by atoms with E-state index in [1.54, 1.807) is 0 Å². The summed E-state index contributed by atoms with van der Waals surface area (Å²) in [7, 11) is 0. The molecule has 1 rings (SSSR count). The van der Waals surface area contributed by atoms with E-state index in [1.165, 1.54) is 32.1 Å². The van der Waals surface area contributed by atoms with Gasteiger partial charge in [-0.2, -0.15) is 0 Å². The van der Waals surface area contributed by atoms with Crippen molar-refractivity contribution >= 4 is 29.9 Å². The number of pyridine rings is 1. The summed E-state index contributed by atoms with van der Waals surface area (Å²) in [6.07, 6.45) is 9.16. The van der Waals surface area contributed by atoms with Gasteiger partial charge in [0, 0.05) is 37.4 Å². The molecular formula is C18H33IN4. The molecule has 1 atom stereocenters. The number of nitrogens with zero attached hydrogens (tertiary/aromatic N) is 2. The van der Waals surface area contributed by atoms with Crippen LogP contribution in [0.25, 0.3) is 0 Å². The van der Waals surface area contributed by atoms with Gasteiger partial charge < -0.3 is 10.6 Å². The van der Waals surface area contributed by atoms with E-state index in [0.717, 1.165) is 31.2 Å². The van der Waals surface area contributed by atoms with Crippen molar-refractivity contribution in [3.63, 3.8) is 0 Å². The summed E-state index contributed by atoms with van der Waals surface area (Å²) in [6.45, 7) is 8.23. The van der Waals surface area contributed by atoms with Crippen molar-refractivity contribution in [1.82, 2.24) is 15.6 Å². The summed E-state index contributed by atoms with van der Waals surface area (Å²) in [5.74, 6) is 0.918. The topological polar surface area (TPSA) is 49.3 Å². The third kappa shape index (κ3) is 11.3. The van der Waals surface area contributed by atoms with E-state index in [9.17, 15) is 0 Å². The predicted molar refractivity (Wildman–Crippen MR) is 111 cm³/mol. The van der Waals surface area contributed by atoms with Gasteiger partial charge in [-0.05, 0) is 32.4 Å². The van der Waals surface area contributed by atoms with Crippen molar-refractivity contribution in [1.29, 1.82) is 0 Å². The second-order valence-corrected chi connectivity index (χ2v) is 5.73. The zero-order valence-corrected chi connectivity index (χ0v) is 17.2. The number of rotatable bonds is 10. The minimum Gasteiger partial charge on any atom is -0.357 e. The molecule has 0 aromatic carbocycles. The fraction of sp³-hybridized carbons (Fsp3) is 0.667. The van der Waals surface area contributed by atoms with E-state index < -0.39 is 0 Å². The Morgan fingerprint density at radius 3 is 2.70 bits per heavy atom. The quantitative estimate of drug-likeness (QED) is 0.253. The van der Waals surface area contributed by atoms with Gasteiger partial charge in [0.1, 0.15) is 0 Å². The average molecular weight is 432 g/mol. The maximum Gasteiger partial charge on any atom is 0.191 e. The van der Waals surface area contributed by atoms with Crippen LogP contribution >= 0.6 is 24.0 Å². The Morgan fingerprint density at radius 2 is 2.04 bits per heavy atom. The molecule has 0 saturated heterocycles. The molecule has 0 radical (unpaired) electrons. The van der Waals surface area contributed by atoms with Gasteiger partial charge in [-0.1, -0.05) is 38.7 Å². The Morgan fingerprint density at radius 1 is 1.22 bits per heavy atom. The summed E-state index contributed by atoms with van der Waals surface area (Å²) in [5.41, 5.74) is 1.09. The number of nitrogens with one attached hydrogen (secondary N) is 2. The highest BCUT2D eigenvalue weighted by molar-refractivity contribution is 14.0. The number of guanidine groups is 1. The fourth-order valence-electron chi connectivity index (χ4n) is 2.33. The zero-order chi connectivity index (χ0) is 16.0. The Kier molecular flexibility index (Phi) is 14.2. The largest absolute Gasteiger partial charge is 0.357 e. The summed E-state index contributed by atoms with van der Waals surface area (Å²) < 4.78 is 0. The predicted octanol–water partition coefficient (Wildman–Crippen LogP) is 4.16. The van der Waals surface area contributed by atoms with Crippen LogP contribution in [0.5, 0.6) is 0 Å². The first-order chi connectivity index (χ1) is 10.8. The minimum absolute atomic E-state index is 0. The van der Waals surface area contributed by atoms with Crippen molar-refractivity contribution in [2.75, 3.05) is 13.1 Å². The van der Waals surface area contributed by atoms with Gasteiger partial charge in [-0.15, -0.1) is 24.0 Å². The Balaban J connectivity index is 0.00000484. The molecule has 0 aliphatic carbocycles. The highest BCUT2D eigenvalue weighted by Gasteiger charge is 2.04. The van der Waals surface area contributed by atoms with Crippen LogP contribution in [-0.2, 0) is 6.42 Å². The standard InChI is InChI=1S/C18H32N4.HI/c1-4-6-7-8-11-16(3)22-18(19-5-2)21-15-13-17-12-9-10-14-20-17;/h9-10,12,14,16H,4-8,11,13,15H2,1-3H3,(H2,19,21,22);1H. The van der Waals surface area contributed by atoms with E-state index in [0.29, 0.717) is 6.04 Å². The van der Waals surface area contributed by atoms with Gasteiger partial charge in [-0.3, -0.25) is 9.98 Å². The molecule has 23 heavy (non-hydrogen) atoms. The van der Waals surface area contributed by atoms with Crippen LogP contribution in [0, 0.1) is 0 Å². The molecule has 2 N–H and O–H groups in total. The van der Waals surface area contributed by atoms with Gasteiger partial charge in [0.25, 0.3) is 0 Å². The first-order valence-corrected chi connectivity index (χ1v) is 8.71. The van der Waals surface area contributed by atoms with Crippen molar-refractivity contribution in [3.05, 3.63) is 30.1 Å². The van der Waals surface area contributed by atoms with E-state index in [-0.39, 0.29) is 24.0 Å². The molecule has 132 valence electrons. The van der Waals surface area contributed by atoms with Crippen molar-refractivity contribution in [2.24, 2.45) is 4.99 Å². The average Bonchev–Trinajstić information content (AvgIpc) is 2.53. The van der Waals surface area contributed by atoms with E-state index in [4.69, 9.17) is 0 Å². The fourth-order valence-corrected chi connectivity index (χ4v) is 2.33. The van der Waals surface area contributed by atoms with Crippen LogP contribution in [0.4, 0.5) is 0 Å². The summed E-state index contributed by atoms with van der Waals surface area (Å²) in [4.78, 5) is 8.98. The molecule has 0 aliphatic heterocycles. The summed E-state index contributed by atoms with van der Waals surface area (Å²) in [5, 5.41) is 6.82. The monoisotopic (exact) mass is 432 g/mol. The summed E-state index contributed by atoms with van der Waals surface area (Å²) in [6, 6.07) is 6.48. The first kappa shape index (κ1) is 22.1. The van der Waals surface area contributed by atoms with E-state index in [2.05, 4.69) is 41.4 Å². The van der Waals surface area contributed by atoms with Crippen LogP contribution in [-0.4, -0.2) is 30.1 Å². The summed E-state index contributed by atoms with van der Waals surface area (Å²) >= 11 is 0. The maximum absolute atomic E-state index is 4.65. The molecule has 1 aromatic heterocycles. The smallest absolute Gasteiger partial charge is 0.191 e. The van der Waals surface area contributed by atoms with Crippen molar-refractivity contribution < 1.29 is 0 Å². The highest BCUT2D eigenvalue weighted by atomic mass is 127. The Hall–Kier alpha value is -0.850. The Bertz CT molecular complexity index is 409. The normalized spacial score (nSPS) is 12.4. The third-order valence-electron chi connectivity index (χ3n) is 3.58. The van der Waals surface area contributed by atoms with Crippen LogP contribution in [0.3, 0.4) is 0 Å². The Labute approximate surface area is 159 Å². The molecule has 4 nitrogen and oxygen atoms in total. The molecule has 5 heteroatoms. The molecule has 0 spiro atoms. The van der Waals surface area contributed by atoms with Crippen LogP contribution in [0.1, 0.15) is 58.6 Å². The number of hydrogen-bond acceptors (Lipinski definition) is 2. The van der Waals surface area contributed by atoms with Crippen molar-refractivity contribution in [2.45, 2.75) is 65.3 Å². The lowest BCUT2D eigenvalue weighted by molar-refractivity contribution is 0.537. The second kappa shape index (κ2) is 14.7. The van der Waals surface area contributed by atoms with Crippen LogP contribution < -0.4 is 10.6 Å². The minimum atomic E-state index is 0. The molecule has 0 amide bonds. The van der Waals surface area contributed by atoms with Crippen LogP contribution in [0.15, 0.2) is 29.4 Å². The number of aliphatic imine (C=N–C) groups is 1. The third-order valence-corrected chi connectivity index (χ3v) is 3.58. The zero-order valence-electron chi connectivity index (χ0n) is 14.8. The number of aromatic nitrogens is 1. The number of hydrogen-bond donors (Lipinski definition) is 2.